The lowest BCUT2D eigenvalue weighted by Crippen LogP contribution is -2.18. The van der Waals surface area contributed by atoms with Crippen LogP contribution in [0.5, 0.6) is 0 Å². The second-order valence-electron chi connectivity index (χ2n) is 4.41. The van der Waals surface area contributed by atoms with Crippen molar-refractivity contribution in [2.45, 2.75) is 39.0 Å². The summed E-state index contributed by atoms with van der Waals surface area (Å²) in [7, 11) is 0. The fraction of sp³-hybridized carbons (Fsp3) is 0.667. The van der Waals surface area contributed by atoms with Crippen LogP contribution in [-0.2, 0) is 24.2 Å². The molecule has 2 rings (SSSR count). The van der Waals surface area contributed by atoms with E-state index >= 15 is 0 Å². The van der Waals surface area contributed by atoms with Crippen molar-refractivity contribution < 1.29 is 17.9 Å². The van der Waals surface area contributed by atoms with Gasteiger partial charge in [0.2, 0.25) is 0 Å². The Balaban J connectivity index is 2.07. The number of rotatable bonds is 5. The van der Waals surface area contributed by atoms with E-state index in [1.165, 1.54) is 0 Å². The molecule has 19 heavy (non-hydrogen) atoms. The Bertz CT molecular complexity index is 449. The van der Waals surface area contributed by atoms with Gasteiger partial charge in [-0.2, -0.15) is 13.2 Å². The lowest BCUT2D eigenvalue weighted by molar-refractivity contribution is -0.177. The van der Waals surface area contributed by atoms with Crippen LogP contribution < -0.4 is 5.32 Å². The number of anilines is 1. The Kier molecular flexibility index (Phi) is 4.24. The van der Waals surface area contributed by atoms with E-state index in [-0.39, 0.29) is 6.61 Å². The highest BCUT2D eigenvalue weighted by atomic mass is 19.4. The molecule has 1 aliphatic carbocycles. The average Bonchev–Trinajstić information content (AvgIpc) is 2.76. The van der Waals surface area contributed by atoms with Gasteiger partial charge in [0.1, 0.15) is 19.0 Å². The van der Waals surface area contributed by atoms with Gasteiger partial charge in [0, 0.05) is 17.8 Å². The first-order valence-electron chi connectivity index (χ1n) is 6.26. The Labute approximate surface area is 109 Å². The predicted molar refractivity (Wildman–Crippen MR) is 63.9 cm³/mol. The van der Waals surface area contributed by atoms with Gasteiger partial charge in [-0.15, -0.1) is 0 Å². The van der Waals surface area contributed by atoms with Gasteiger partial charge in [0.25, 0.3) is 0 Å². The van der Waals surface area contributed by atoms with E-state index in [0.29, 0.717) is 12.4 Å². The number of fused-ring (bicyclic) bond motifs is 1. The summed E-state index contributed by atoms with van der Waals surface area (Å²) in [4.78, 5) is 8.51. The highest BCUT2D eigenvalue weighted by Gasteiger charge is 2.27. The summed E-state index contributed by atoms with van der Waals surface area (Å²) >= 11 is 0. The number of aryl methyl sites for hydroxylation is 1. The van der Waals surface area contributed by atoms with E-state index in [9.17, 15) is 13.2 Å². The van der Waals surface area contributed by atoms with Crippen LogP contribution in [0.25, 0.3) is 0 Å². The molecule has 1 aromatic rings. The second kappa shape index (κ2) is 5.73. The van der Waals surface area contributed by atoms with Gasteiger partial charge >= 0.3 is 6.18 Å². The van der Waals surface area contributed by atoms with Crippen LogP contribution in [0.3, 0.4) is 0 Å². The van der Waals surface area contributed by atoms with Crippen molar-refractivity contribution >= 4 is 5.82 Å². The number of halogens is 3. The fourth-order valence-corrected chi connectivity index (χ4v) is 2.12. The Hall–Kier alpha value is -1.37. The highest BCUT2D eigenvalue weighted by molar-refractivity contribution is 5.48. The van der Waals surface area contributed by atoms with E-state index in [4.69, 9.17) is 0 Å². The van der Waals surface area contributed by atoms with E-state index in [2.05, 4.69) is 20.0 Å². The third-order valence-electron chi connectivity index (χ3n) is 2.82. The number of ether oxygens (including phenoxy) is 1. The second-order valence-corrected chi connectivity index (χ2v) is 4.41. The Morgan fingerprint density at radius 3 is 2.74 bits per heavy atom. The molecule has 0 spiro atoms. The predicted octanol–water partition coefficient (Wildman–Crippen LogP) is 2.48. The molecule has 0 saturated heterocycles. The quantitative estimate of drug-likeness (QED) is 0.896. The molecule has 0 aromatic carbocycles. The summed E-state index contributed by atoms with van der Waals surface area (Å²) in [5.41, 5.74) is 2.01. The first kappa shape index (κ1) is 14.0. The monoisotopic (exact) mass is 275 g/mol. The lowest BCUT2D eigenvalue weighted by Gasteiger charge is -2.11. The molecule has 1 aliphatic rings. The molecule has 1 heterocycles. The van der Waals surface area contributed by atoms with Crippen LogP contribution in [-0.4, -0.2) is 29.3 Å². The largest absolute Gasteiger partial charge is 0.411 e. The van der Waals surface area contributed by atoms with Crippen molar-refractivity contribution in [1.29, 1.82) is 0 Å². The van der Waals surface area contributed by atoms with Gasteiger partial charge in [-0.05, 0) is 26.2 Å². The molecule has 106 valence electrons. The van der Waals surface area contributed by atoms with Crippen LogP contribution in [0.4, 0.5) is 19.0 Å². The molecule has 0 bridgehead atoms. The van der Waals surface area contributed by atoms with Gasteiger partial charge in [0.15, 0.2) is 5.82 Å². The van der Waals surface area contributed by atoms with Crippen LogP contribution in [0.1, 0.15) is 30.4 Å². The maximum atomic E-state index is 12.0. The van der Waals surface area contributed by atoms with Crippen LogP contribution in [0, 0.1) is 0 Å². The number of nitrogens with zero attached hydrogens (tertiary/aromatic N) is 2. The number of aromatic nitrogens is 2. The van der Waals surface area contributed by atoms with Gasteiger partial charge in [-0.3, -0.25) is 0 Å². The van der Waals surface area contributed by atoms with Gasteiger partial charge in [0.05, 0.1) is 0 Å². The molecule has 0 saturated carbocycles. The molecule has 0 unspecified atom stereocenters. The molecule has 7 heteroatoms. The molecule has 0 amide bonds. The van der Waals surface area contributed by atoms with Crippen molar-refractivity contribution in [3.05, 3.63) is 17.1 Å². The van der Waals surface area contributed by atoms with E-state index in [0.717, 1.165) is 36.3 Å². The summed E-state index contributed by atoms with van der Waals surface area (Å²) in [6, 6.07) is 0. The number of alkyl halides is 3. The van der Waals surface area contributed by atoms with Crippen molar-refractivity contribution in [3.63, 3.8) is 0 Å². The lowest BCUT2D eigenvalue weighted by atomic mass is 10.2. The number of hydrogen-bond acceptors (Lipinski definition) is 4. The molecule has 1 aromatic heterocycles. The summed E-state index contributed by atoms with van der Waals surface area (Å²) in [5.74, 6) is 1.04. The first-order chi connectivity index (χ1) is 8.99. The number of hydrogen-bond donors (Lipinski definition) is 1. The normalized spacial score (nSPS) is 14.5. The standard InChI is InChI=1S/C12H16F3N3O/c1-2-16-11-8-4-3-5-9(8)17-10(18-11)6-19-7-12(13,14)15/h2-7H2,1H3,(H,16,17,18). The molecule has 0 fully saturated rings. The summed E-state index contributed by atoms with van der Waals surface area (Å²) in [6.07, 6.45) is -1.54. The van der Waals surface area contributed by atoms with Crippen molar-refractivity contribution in [1.82, 2.24) is 9.97 Å². The topological polar surface area (TPSA) is 47.0 Å². The zero-order valence-corrected chi connectivity index (χ0v) is 10.7. The maximum absolute atomic E-state index is 12.0. The van der Waals surface area contributed by atoms with E-state index < -0.39 is 12.8 Å². The maximum Gasteiger partial charge on any atom is 0.411 e. The minimum Gasteiger partial charge on any atom is -0.370 e. The molecule has 0 atom stereocenters. The highest BCUT2D eigenvalue weighted by Crippen LogP contribution is 2.26. The third-order valence-corrected chi connectivity index (χ3v) is 2.82. The van der Waals surface area contributed by atoms with Gasteiger partial charge in [-0.1, -0.05) is 0 Å². The molecule has 1 N–H and O–H groups in total. The smallest absolute Gasteiger partial charge is 0.370 e. The van der Waals surface area contributed by atoms with Crippen molar-refractivity contribution in [2.24, 2.45) is 0 Å². The van der Waals surface area contributed by atoms with E-state index in [1.807, 2.05) is 6.92 Å². The fourth-order valence-electron chi connectivity index (χ4n) is 2.12. The summed E-state index contributed by atoms with van der Waals surface area (Å²) in [5, 5.41) is 3.13. The van der Waals surface area contributed by atoms with Crippen LogP contribution >= 0.6 is 0 Å². The third kappa shape index (κ3) is 3.79. The molecule has 4 nitrogen and oxygen atoms in total. The molecule has 0 radical (unpaired) electrons. The minimum atomic E-state index is -4.32. The zero-order chi connectivity index (χ0) is 13.9. The van der Waals surface area contributed by atoms with Crippen molar-refractivity contribution in [2.75, 3.05) is 18.5 Å². The Morgan fingerprint density at radius 2 is 2.05 bits per heavy atom. The average molecular weight is 275 g/mol. The van der Waals surface area contributed by atoms with Gasteiger partial charge < -0.3 is 10.1 Å². The van der Waals surface area contributed by atoms with Crippen molar-refractivity contribution in [3.8, 4) is 0 Å². The zero-order valence-electron chi connectivity index (χ0n) is 10.7. The van der Waals surface area contributed by atoms with E-state index in [1.54, 1.807) is 0 Å². The van der Waals surface area contributed by atoms with Crippen LogP contribution in [0.2, 0.25) is 0 Å². The molecular formula is C12H16F3N3O. The molecule has 0 aliphatic heterocycles. The molecular weight excluding hydrogens is 259 g/mol. The SMILES string of the molecule is CCNc1nc(COCC(F)(F)F)nc2c1CCC2. The Morgan fingerprint density at radius 1 is 1.26 bits per heavy atom. The minimum absolute atomic E-state index is 0.217. The summed E-state index contributed by atoms with van der Waals surface area (Å²) < 4.78 is 40.6. The summed E-state index contributed by atoms with van der Waals surface area (Å²) in [6.45, 7) is 1.17. The first-order valence-corrected chi connectivity index (χ1v) is 6.26. The van der Waals surface area contributed by atoms with Gasteiger partial charge in [-0.25, -0.2) is 9.97 Å². The number of nitrogens with one attached hydrogen (secondary N) is 1. The van der Waals surface area contributed by atoms with Crippen LogP contribution in [0.15, 0.2) is 0 Å².